The molecule has 6 heteroatoms. The Labute approximate surface area is 153 Å². The highest BCUT2D eigenvalue weighted by Gasteiger charge is 2.33. The van der Waals surface area contributed by atoms with E-state index in [1.54, 1.807) is 12.4 Å². The molecule has 0 spiro atoms. The van der Waals surface area contributed by atoms with E-state index in [0.29, 0.717) is 17.1 Å². The number of benzene rings is 1. The minimum atomic E-state index is 0.460. The van der Waals surface area contributed by atoms with E-state index in [9.17, 15) is 0 Å². The Hall–Kier alpha value is -1.85. The fourth-order valence-corrected chi connectivity index (χ4v) is 3.96. The second-order valence-corrected chi connectivity index (χ2v) is 7.25. The molecule has 2 saturated heterocycles. The molecule has 4 rings (SSSR count). The van der Waals surface area contributed by atoms with Crippen molar-refractivity contribution in [3.8, 4) is 5.75 Å². The van der Waals surface area contributed by atoms with Gasteiger partial charge in [0.1, 0.15) is 16.7 Å². The maximum absolute atomic E-state index is 5.98. The summed E-state index contributed by atoms with van der Waals surface area (Å²) < 4.78 is 5.96. The van der Waals surface area contributed by atoms with Gasteiger partial charge in [-0.05, 0) is 25.0 Å². The van der Waals surface area contributed by atoms with Crippen molar-refractivity contribution in [3.05, 3.63) is 47.9 Å². The predicted molar refractivity (Wildman–Crippen MR) is 99.3 cm³/mol. The van der Waals surface area contributed by atoms with Crippen molar-refractivity contribution in [2.75, 3.05) is 37.7 Å². The van der Waals surface area contributed by atoms with E-state index in [2.05, 4.69) is 19.8 Å². The highest BCUT2D eigenvalue weighted by atomic mass is 35.5. The van der Waals surface area contributed by atoms with Crippen molar-refractivity contribution in [2.45, 2.75) is 18.9 Å². The number of rotatable bonds is 4. The van der Waals surface area contributed by atoms with E-state index < -0.39 is 0 Å². The predicted octanol–water partition coefficient (Wildman–Crippen LogP) is 3.11. The first-order chi connectivity index (χ1) is 12.3. The molecule has 1 unspecified atom stereocenters. The summed E-state index contributed by atoms with van der Waals surface area (Å²) in [5, 5.41) is 0.460. The Morgan fingerprint density at radius 3 is 2.80 bits per heavy atom. The van der Waals surface area contributed by atoms with Gasteiger partial charge >= 0.3 is 0 Å². The summed E-state index contributed by atoms with van der Waals surface area (Å²) in [6, 6.07) is 10.7. The van der Waals surface area contributed by atoms with Gasteiger partial charge in [-0.3, -0.25) is 9.88 Å². The van der Waals surface area contributed by atoms with Crippen LogP contribution in [0.3, 0.4) is 0 Å². The molecule has 25 heavy (non-hydrogen) atoms. The topological polar surface area (TPSA) is 41.5 Å². The fraction of sp³-hybridized carbons (Fsp3) is 0.474. The SMILES string of the molecule is Clc1cncc(N2CCN3C[C@H](COc4ccccc4)CCC3C2)n1. The lowest BCUT2D eigenvalue weighted by Gasteiger charge is -2.46. The third-order valence-electron chi connectivity index (χ3n) is 5.15. The average Bonchev–Trinajstić information content (AvgIpc) is 2.66. The van der Waals surface area contributed by atoms with Crippen LogP contribution >= 0.6 is 11.6 Å². The highest BCUT2D eigenvalue weighted by molar-refractivity contribution is 6.29. The molecule has 2 fully saturated rings. The Kier molecular flexibility index (Phi) is 5.04. The van der Waals surface area contributed by atoms with E-state index >= 15 is 0 Å². The van der Waals surface area contributed by atoms with Gasteiger partial charge < -0.3 is 9.64 Å². The van der Waals surface area contributed by atoms with Crippen LogP contribution in [0.15, 0.2) is 42.7 Å². The number of hydrogen-bond acceptors (Lipinski definition) is 5. The normalized spacial score (nSPS) is 24.0. The molecule has 132 valence electrons. The zero-order chi connectivity index (χ0) is 17.1. The lowest BCUT2D eigenvalue weighted by molar-refractivity contribution is 0.0727. The number of piperazine rings is 1. The molecule has 2 aliphatic rings. The van der Waals surface area contributed by atoms with Crippen LogP contribution in [-0.4, -0.2) is 53.7 Å². The van der Waals surface area contributed by atoms with Gasteiger partial charge in [-0.15, -0.1) is 0 Å². The first-order valence-corrected chi connectivity index (χ1v) is 9.30. The summed E-state index contributed by atoms with van der Waals surface area (Å²) in [6.07, 6.45) is 5.80. The summed E-state index contributed by atoms with van der Waals surface area (Å²) in [7, 11) is 0. The van der Waals surface area contributed by atoms with Gasteiger partial charge in [-0.1, -0.05) is 29.8 Å². The van der Waals surface area contributed by atoms with Gasteiger partial charge in [-0.2, -0.15) is 0 Å². The summed E-state index contributed by atoms with van der Waals surface area (Å²) >= 11 is 5.98. The molecule has 0 radical (unpaired) electrons. The molecule has 1 aromatic heterocycles. The van der Waals surface area contributed by atoms with Crippen molar-refractivity contribution >= 4 is 17.4 Å². The van der Waals surface area contributed by atoms with Crippen LogP contribution < -0.4 is 9.64 Å². The standard InChI is InChI=1S/C19H23ClN4O/c20-18-10-21-11-19(22-18)24-9-8-23-12-15(6-7-16(23)13-24)14-25-17-4-2-1-3-5-17/h1-5,10-11,15-16H,6-9,12-14H2/t15-,16?/m1/s1. The molecule has 0 N–H and O–H groups in total. The van der Waals surface area contributed by atoms with Crippen LogP contribution in [0, 0.1) is 5.92 Å². The number of hydrogen-bond donors (Lipinski definition) is 0. The van der Waals surface area contributed by atoms with Crippen LogP contribution in [0.5, 0.6) is 5.75 Å². The molecular weight excluding hydrogens is 336 g/mol. The summed E-state index contributed by atoms with van der Waals surface area (Å²) in [4.78, 5) is 13.5. The monoisotopic (exact) mass is 358 g/mol. The van der Waals surface area contributed by atoms with Crippen LogP contribution in [0.4, 0.5) is 5.82 Å². The van der Waals surface area contributed by atoms with E-state index in [4.69, 9.17) is 16.3 Å². The van der Waals surface area contributed by atoms with Crippen LogP contribution in [0.2, 0.25) is 5.15 Å². The summed E-state index contributed by atoms with van der Waals surface area (Å²) in [5.74, 6) is 2.46. The zero-order valence-electron chi connectivity index (χ0n) is 14.2. The van der Waals surface area contributed by atoms with Crippen LogP contribution in [-0.2, 0) is 0 Å². The average molecular weight is 359 g/mol. The molecule has 2 atom stereocenters. The Bertz CT molecular complexity index is 699. The first kappa shape index (κ1) is 16.6. The van der Waals surface area contributed by atoms with Crippen molar-refractivity contribution in [2.24, 2.45) is 5.92 Å². The van der Waals surface area contributed by atoms with Gasteiger partial charge in [0.2, 0.25) is 0 Å². The molecular formula is C19H23ClN4O. The van der Waals surface area contributed by atoms with Gasteiger partial charge in [0.05, 0.1) is 19.0 Å². The lowest BCUT2D eigenvalue weighted by atomic mass is 9.91. The number of fused-ring (bicyclic) bond motifs is 1. The molecule has 2 aromatic rings. The fourth-order valence-electron chi connectivity index (χ4n) is 3.82. The van der Waals surface area contributed by atoms with Gasteiger partial charge in [0.25, 0.3) is 0 Å². The third kappa shape index (κ3) is 4.05. The number of anilines is 1. The minimum Gasteiger partial charge on any atom is -0.493 e. The van der Waals surface area contributed by atoms with E-state index in [0.717, 1.165) is 44.4 Å². The molecule has 3 heterocycles. The minimum absolute atomic E-state index is 0.460. The third-order valence-corrected chi connectivity index (χ3v) is 5.33. The summed E-state index contributed by atoms with van der Waals surface area (Å²) in [6.45, 7) is 4.95. The number of piperidine rings is 1. The molecule has 1 aromatic carbocycles. The number of halogens is 1. The van der Waals surface area contributed by atoms with Gasteiger partial charge in [0.15, 0.2) is 0 Å². The Balaban J connectivity index is 1.31. The molecule has 2 aliphatic heterocycles. The largest absolute Gasteiger partial charge is 0.493 e. The quantitative estimate of drug-likeness (QED) is 0.840. The van der Waals surface area contributed by atoms with Gasteiger partial charge in [-0.25, -0.2) is 4.98 Å². The molecule has 0 aliphatic carbocycles. The van der Waals surface area contributed by atoms with Crippen molar-refractivity contribution < 1.29 is 4.74 Å². The first-order valence-electron chi connectivity index (χ1n) is 8.92. The molecule has 0 amide bonds. The van der Waals surface area contributed by atoms with Crippen molar-refractivity contribution in [1.29, 1.82) is 0 Å². The second-order valence-electron chi connectivity index (χ2n) is 6.86. The van der Waals surface area contributed by atoms with E-state index in [1.165, 1.54) is 12.8 Å². The number of aromatic nitrogens is 2. The number of para-hydroxylation sites is 1. The van der Waals surface area contributed by atoms with Crippen molar-refractivity contribution in [3.63, 3.8) is 0 Å². The highest BCUT2D eigenvalue weighted by Crippen LogP contribution is 2.27. The number of ether oxygens (including phenoxy) is 1. The number of nitrogens with zero attached hydrogens (tertiary/aromatic N) is 4. The van der Waals surface area contributed by atoms with Gasteiger partial charge in [0, 0.05) is 38.1 Å². The molecule has 5 nitrogen and oxygen atoms in total. The molecule has 0 saturated carbocycles. The molecule has 0 bridgehead atoms. The maximum Gasteiger partial charge on any atom is 0.149 e. The smallest absolute Gasteiger partial charge is 0.149 e. The van der Waals surface area contributed by atoms with E-state index in [1.807, 2.05) is 30.3 Å². The van der Waals surface area contributed by atoms with Crippen LogP contribution in [0.1, 0.15) is 12.8 Å². The summed E-state index contributed by atoms with van der Waals surface area (Å²) in [5.41, 5.74) is 0. The zero-order valence-corrected chi connectivity index (χ0v) is 15.0. The Morgan fingerprint density at radius 1 is 1.08 bits per heavy atom. The van der Waals surface area contributed by atoms with Crippen LogP contribution in [0.25, 0.3) is 0 Å². The lowest BCUT2D eigenvalue weighted by Crippen LogP contribution is -2.57. The maximum atomic E-state index is 5.98. The Morgan fingerprint density at radius 2 is 1.96 bits per heavy atom. The van der Waals surface area contributed by atoms with E-state index in [-0.39, 0.29) is 0 Å². The second kappa shape index (κ2) is 7.58. The van der Waals surface area contributed by atoms with Crippen molar-refractivity contribution in [1.82, 2.24) is 14.9 Å².